The number of carbonyl (C=O) groups is 3. The van der Waals surface area contributed by atoms with Crippen LogP contribution in [0.1, 0.15) is 40.8 Å². The third kappa shape index (κ3) is 4.11. The quantitative estimate of drug-likeness (QED) is 0.215. The van der Waals surface area contributed by atoms with Gasteiger partial charge in [0.25, 0.3) is 5.91 Å². The first-order valence-electron chi connectivity index (χ1n) is 15.8. The molecule has 7 heteroatoms. The van der Waals surface area contributed by atoms with Crippen LogP contribution in [0.15, 0.2) is 133 Å². The molecule has 6 nitrogen and oxygen atoms in total. The van der Waals surface area contributed by atoms with Crippen LogP contribution in [-0.4, -0.2) is 17.6 Å². The van der Waals surface area contributed by atoms with Crippen LogP contribution in [0.4, 0.5) is 11.4 Å². The second kappa shape index (κ2) is 11.0. The van der Waals surface area contributed by atoms with Crippen molar-refractivity contribution in [2.45, 2.75) is 37.0 Å². The largest absolute Gasteiger partial charge is 0.307 e. The molecule has 3 heterocycles. The molecule has 47 heavy (non-hydrogen) atoms. The Kier molecular flexibility index (Phi) is 6.90. The fourth-order valence-corrected chi connectivity index (χ4v) is 8.54. The molecule has 1 saturated heterocycles. The van der Waals surface area contributed by atoms with E-state index in [1.807, 2.05) is 121 Å². The van der Waals surface area contributed by atoms with Crippen LogP contribution in [0.2, 0.25) is 5.02 Å². The van der Waals surface area contributed by atoms with Crippen molar-refractivity contribution in [2.24, 2.45) is 5.92 Å². The highest BCUT2D eigenvalue weighted by molar-refractivity contribution is 6.31. The molecular weight excluding hydrogens is 606 g/mol. The lowest BCUT2D eigenvalue weighted by molar-refractivity contribution is -0.138. The molecule has 0 bridgehead atoms. The Balaban J connectivity index is 1.44. The normalized spacial score (nSPS) is 24.3. The van der Waals surface area contributed by atoms with E-state index in [0.29, 0.717) is 34.1 Å². The van der Waals surface area contributed by atoms with Crippen molar-refractivity contribution in [1.82, 2.24) is 5.32 Å². The predicted octanol–water partition coefficient (Wildman–Crippen LogP) is 7.12. The molecule has 0 saturated carbocycles. The minimum absolute atomic E-state index is 0.175. The summed E-state index contributed by atoms with van der Waals surface area (Å²) in [6.07, 6.45) is 0. The highest BCUT2D eigenvalue weighted by Crippen LogP contribution is 2.67. The molecule has 8 rings (SSSR count). The van der Waals surface area contributed by atoms with Crippen LogP contribution in [0, 0.1) is 5.92 Å². The number of rotatable bonds is 6. The lowest BCUT2D eigenvalue weighted by Crippen LogP contribution is -2.63. The second-order valence-corrected chi connectivity index (χ2v) is 13.0. The summed E-state index contributed by atoms with van der Waals surface area (Å²) in [6, 6.07) is 41.7. The van der Waals surface area contributed by atoms with Crippen LogP contribution in [-0.2, 0) is 38.4 Å². The van der Waals surface area contributed by atoms with E-state index in [1.165, 1.54) is 0 Å². The molecule has 0 unspecified atom stereocenters. The zero-order chi connectivity index (χ0) is 32.3. The molecule has 2 amide bonds. The van der Waals surface area contributed by atoms with Gasteiger partial charge in [-0.25, -0.2) is 0 Å². The third-order valence-corrected chi connectivity index (χ3v) is 10.4. The summed E-state index contributed by atoms with van der Waals surface area (Å²) in [6.45, 7) is 2.12. The average molecular weight is 638 g/mol. The van der Waals surface area contributed by atoms with E-state index in [9.17, 15) is 4.79 Å². The zero-order valence-corrected chi connectivity index (χ0v) is 26.5. The Morgan fingerprint density at radius 3 is 1.83 bits per heavy atom. The molecule has 1 fully saturated rings. The SMILES string of the molecule is CC(=O)[C@H]1[C@H](c2ccccc2)N[C@]2(C(=O)N(Cc3ccccc3)c3ccc(Cl)cc32)[C@]12C(=O)N(Cc1ccccc1)c1ccccc12. The maximum Gasteiger partial charge on any atom is 0.253 e. The Bertz CT molecular complexity index is 2040. The van der Waals surface area contributed by atoms with Gasteiger partial charge < -0.3 is 9.80 Å². The summed E-state index contributed by atoms with van der Waals surface area (Å²) in [7, 11) is 0. The molecule has 0 aromatic heterocycles. The molecule has 1 N–H and O–H groups in total. The van der Waals surface area contributed by atoms with Gasteiger partial charge in [-0.05, 0) is 53.4 Å². The Morgan fingerprint density at radius 1 is 0.681 bits per heavy atom. The number of nitrogens with one attached hydrogen (secondary N) is 1. The topological polar surface area (TPSA) is 69.7 Å². The van der Waals surface area contributed by atoms with E-state index in [-0.39, 0.29) is 24.1 Å². The van der Waals surface area contributed by atoms with Gasteiger partial charge in [0, 0.05) is 28.0 Å². The number of anilines is 2. The first-order chi connectivity index (χ1) is 22.9. The van der Waals surface area contributed by atoms with Gasteiger partial charge in [-0.3, -0.25) is 19.7 Å². The van der Waals surface area contributed by atoms with Gasteiger partial charge >= 0.3 is 0 Å². The van der Waals surface area contributed by atoms with Crippen molar-refractivity contribution in [1.29, 1.82) is 0 Å². The number of carbonyl (C=O) groups excluding carboxylic acids is 3. The maximum absolute atomic E-state index is 15.7. The number of fused-ring (bicyclic) bond motifs is 5. The Hall–Kier alpha value is -5.04. The maximum atomic E-state index is 15.7. The number of hydrogen-bond acceptors (Lipinski definition) is 4. The lowest BCUT2D eigenvalue weighted by Gasteiger charge is -2.41. The molecule has 3 aliphatic rings. The van der Waals surface area contributed by atoms with Crippen molar-refractivity contribution in [3.8, 4) is 0 Å². The molecule has 4 atom stereocenters. The molecule has 3 aliphatic heterocycles. The van der Waals surface area contributed by atoms with Gasteiger partial charge in [0.2, 0.25) is 5.91 Å². The Morgan fingerprint density at radius 2 is 1.21 bits per heavy atom. The highest BCUT2D eigenvalue weighted by Gasteiger charge is 2.79. The van der Waals surface area contributed by atoms with Crippen molar-refractivity contribution in [2.75, 3.05) is 9.80 Å². The molecule has 232 valence electrons. The van der Waals surface area contributed by atoms with Crippen molar-refractivity contribution in [3.63, 3.8) is 0 Å². The van der Waals surface area contributed by atoms with Gasteiger partial charge in [-0.15, -0.1) is 0 Å². The number of Topliss-reactive ketones (excluding diaryl/α,β-unsaturated/α-hetero) is 1. The summed E-state index contributed by atoms with van der Waals surface area (Å²) in [4.78, 5) is 49.0. The Labute approximate surface area is 278 Å². The summed E-state index contributed by atoms with van der Waals surface area (Å²) in [5.41, 5.74) is 2.07. The molecule has 5 aromatic rings. The number of benzene rings is 5. The molecule has 0 aliphatic carbocycles. The first-order valence-corrected chi connectivity index (χ1v) is 16.2. The summed E-state index contributed by atoms with van der Waals surface area (Å²) in [5, 5.41) is 4.17. The molecular formula is C40H32ClN3O3. The van der Waals surface area contributed by atoms with Crippen LogP contribution in [0.25, 0.3) is 0 Å². The summed E-state index contributed by atoms with van der Waals surface area (Å²) in [5.74, 6) is -1.65. The number of amides is 2. The smallest absolute Gasteiger partial charge is 0.253 e. The number of hydrogen-bond donors (Lipinski definition) is 1. The summed E-state index contributed by atoms with van der Waals surface area (Å²) < 4.78 is 0. The van der Waals surface area contributed by atoms with Gasteiger partial charge in [0.1, 0.15) is 16.7 Å². The highest BCUT2D eigenvalue weighted by atomic mass is 35.5. The lowest BCUT2D eigenvalue weighted by atomic mass is 9.57. The standard InChI is InChI=1S/C40H32ClN3O3/c1-26(45)35-36(29-17-9-4-10-18-29)42-40(32-23-30(41)21-22-34(32)44(38(40)47)25-28-15-7-3-8-16-28)39(35)31-19-11-12-20-33(31)43(37(39)46)24-27-13-5-2-6-14-27/h2-23,35-36,42H,24-25H2,1H3/t35-,36-,39-,40+/m0/s1. The van der Waals surface area contributed by atoms with Gasteiger partial charge in [0.15, 0.2) is 0 Å². The van der Waals surface area contributed by atoms with E-state index in [1.54, 1.807) is 28.9 Å². The molecule has 5 aromatic carbocycles. The van der Waals surface area contributed by atoms with Gasteiger partial charge in [-0.2, -0.15) is 0 Å². The third-order valence-electron chi connectivity index (χ3n) is 10.1. The van der Waals surface area contributed by atoms with Crippen molar-refractivity contribution >= 4 is 40.6 Å². The number of ketones is 1. The van der Waals surface area contributed by atoms with E-state index in [2.05, 4.69) is 5.32 Å². The van der Waals surface area contributed by atoms with E-state index in [0.717, 1.165) is 16.7 Å². The fraction of sp³-hybridized carbons (Fsp3) is 0.175. The van der Waals surface area contributed by atoms with E-state index < -0.39 is 22.9 Å². The van der Waals surface area contributed by atoms with Crippen LogP contribution >= 0.6 is 11.6 Å². The van der Waals surface area contributed by atoms with E-state index >= 15 is 9.59 Å². The first kappa shape index (κ1) is 29.4. The van der Waals surface area contributed by atoms with Crippen LogP contribution in [0.3, 0.4) is 0 Å². The summed E-state index contributed by atoms with van der Waals surface area (Å²) >= 11 is 6.74. The minimum atomic E-state index is -1.64. The molecule has 2 spiro atoms. The average Bonchev–Trinajstić information content (AvgIpc) is 3.64. The van der Waals surface area contributed by atoms with E-state index in [4.69, 9.17) is 11.6 Å². The number of nitrogens with zero attached hydrogens (tertiary/aromatic N) is 2. The van der Waals surface area contributed by atoms with Gasteiger partial charge in [0.05, 0.1) is 19.0 Å². The number of para-hydroxylation sites is 1. The minimum Gasteiger partial charge on any atom is -0.307 e. The van der Waals surface area contributed by atoms with Crippen molar-refractivity contribution < 1.29 is 14.4 Å². The van der Waals surface area contributed by atoms with Gasteiger partial charge in [-0.1, -0.05) is 121 Å². The molecule has 0 radical (unpaired) electrons. The monoisotopic (exact) mass is 637 g/mol. The second-order valence-electron chi connectivity index (χ2n) is 12.6. The van der Waals surface area contributed by atoms with Crippen LogP contribution in [0.5, 0.6) is 0 Å². The number of halogens is 1. The van der Waals surface area contributed by atoms with Crippen molar-refractivity contribution in [3.05, 3.63) is 166 Å². The van der Waals surface area contributed by atoms with Crippen LogP contribution < -0.4 is 15.1 Å². The fourth-order valence-electron chi connectivity index (χ4n) is 8.37. The zero-order valence-electron chi connectivity index (χ0n) is 25.8. The predicted molar refractivity (Wildman–Crippen MR) is 183 cm³/mol.